The molecule has 0 saturated heterocycles. The first-order chi connectivity index (χ1) is 18.6. The zero-order valence-electron chi connectivity index (χ0n) is 21.5. The van der Waals surface area contributed by atoms with Gasteiger partial charge in [-0.15, -0.1) is 0 Å². The average molecular weight is 582 g/mol. The number of Topliss-reactive ketones (excluding diaryl/α,β-unsaturated/α-hetero) is 2. The third-order valence-corrected chi connectivity index (χ3v) is 7.25. The van der Waals surface area contributed by atoms with Crippen molar-refractivity contribution < 1.29 is 55.0 Å². The van der Waals surface area contributed by atoms with Crippen LogP contribution in [0, 0.1) is 0 Å². The Morgan fingerprint density at radius 1 is 0.925 bits per heavy atom. The summed E-state index contributed by atoms with van der Waals surface area (Å²) in [6.07, 6.45) is -0.120. The fourth-order valence-corrected chi connectivity index (χ4v) is 4.53. The van der Waals surface area contributed by atoms with Crippen LogP contribution in [-0.4, -0.2) is 51.6 Å². The molecule has 0 fully saturated rings. The second-order valence-corrected chi connectivity index (χ2v) is 10.3. The van der Waals surface area contributed by atoms with Gasteiger partial charge in [-0.2, -0.15) is 13.2 Å². The number of benzene rings is 2. The topological polar surface area (TPSA) is 142 Å². The standard InChI is InChI=1S/C26H22F3NO9S/c1-13-18(22(33)24(38-4)23(37-3)21(13)32)11-15-5-10-20(39-14(2)31)19(12-15)25(34)30-16-6-8-17(9-7-16)40(35,36)26(27,28)29/h5-10,12H,11H2,1-4H3,(H,30,34). The molecule has 2 aromatic rings. The van der Waals surface area contributed by atoms with Gasteiger partial charge in [0.15, 0.2) is 0 Å². The Morgan fingerprint density at radius 3 is 2.02 bits per heavy atom. The van der Waals surface area contributed by atoms with Crippen LogP contribution in [0.15, 0.2) is 70.0 Å². The van der Waals surface area contributed by atoms with Gasteiger partial charge in [-0.1, -0.05) is 6.07 Å². The summed E-state index contributed by atoms with van der Waals surface area (Å²) in [7, 11) is -3.15. The first-order valence-corrected chi connectivity index (χ1v) is 12.8. The number of carbonyl (C=O) groups is 4. The van der Waals surface area contributed by atoms with E-state index < -0.39 is 43.7 Å². The monoisotopic (exact) mass is 581 g/mol. The maximum atomic E-state index is 13.1. The molecule has 0 radical (unpaired) electrons. The average Bonchev–Trinajstić information content (AvgIpc) is 2.88. The number of nitrogens with one attached hydrogen (secondary N) is 1. The number of amides is 1. The highest BCUT2D eigenvalue weighted by atomic mass is 32.2. The number of halogens is 3. The molecule has 212 valence electrons. The Bertz CT molecular complexity index is 1570. The number of ketones is 2. The summed E-state index contributed by atoms with van der Waals surface area (Å²) in [6, 6.07) is 7.33. The van der Waals surface area contributed by atoms with Gasteiger partial charge in [0.1, 0.15) is 5.75 Å². The SMILES string of the molecule is COC1=C(OC)C(=O)C(Cc2ccc(OC(C)=O)c(C(=O)Nc3ccc(S(=O)(=O)C(F)(F)F)cc3)c2)=C(C)C1=O. The number of hydrogen-bond donors (Lipinski definition) is 1. The molecular formula is C26H22F3NO9S. The molecule has 40 heavy (non-hydrogen) atoms. The summed E-state index contributed by atoms with van der Waals surface area (Å²) < 4.78 is 76.7. The highest BCUT2D eigenvalue weighted by molar-refractivity contribution is 7.92. The number of allylic oxidation sites excluding steroid dienone is 2. The molecule has 2 aromatic carbocycles. The molecule has 0 aliphatic heterocycles. The number of carbonyl (C=O) groups excluding carboxylic acids is 4. The van der Waals surface area contributed by atoms with Crippen molar-refractivity contribution in [3.8, 4) is 5.75 Å². The fraction of sp³-hybridized carbons (Fsp3) is 0.231. The lowest BCUT2D eigenvalue weighted by atomic mass is 9.88. The van der Waals surface area contributed by atoms with E-state index in [4.69, 9.17) is 14.2 Å². The van der Waals surface area contributed by atoms with Gasteiger partial charge in [0, 0.05) is 30.2 Å². The lowest BCUT2D eigenvalue weighted by Gasteiger charge is -2.20. The highest BCUT2D eigenvalue weighted by Crippen LogP contribution is 2.32. The molecule has 0 bridgehead atoms. The summed E-state index contributed by atoms with van der Waals surface area (Å²) in [5, 5.41) is 2.39. The molecule has 0 spiro atoms. The van der Waals surface area contributed by atoms with E-state index in [-0.39, 0.29) is 46.1 Å². The molecule has 0 heterocycles. The van der Waals surface area contributed by atoms with Crippen LogP contribution < -0.4 is 10.1 Å². The number of sulfone groups is 1. The second-order valence-electron chi connectivity index (χ2n) is 8.36. The van der Waals surface area contributed by atoms with Gasteiger partial charge in [-0.3, -0.25) is 19.2 Å². The Morgan fingerprint density at radius 2 is 1.50 bits per heavy atom. The van der Waals surface area contributed by atoms with E-state index >= 15 is 0 Å². The number of ether oxygens (including phenoxy) is 3. The van der Waals surface area contributed by atoms with E-state index in [9.17, 15) is 40.8 Å². The first-order valence-electron chi connectivity index (χ1n) is 11.3. The predicted octanol–water partition coefficient (Wildman–Crippen LogP) is 3.67. The summed E-state index contributed by atoms with van der Waals surface area (Å²) in [6.45, 7) is 2.53. The lowest BCUT2D eigenvalue weighted by Crippen LogP contribution is -2.26. The molecule has 0 saturated carbocycles. The Labute approximate surface area is 226 Å². The van der Waals surface area contributed by atoms with Crippen molar-refractivity contribution in [3.05, 3.63) is 76.3 Å². The molecule has 0 atom stereocenters. The Kier molecular flexibility index (Phi) is 8.53. The molecule has 10 nitrogen and oxygen atoms in total. The van der Waals surface area contributed by atoms with Crippen LogP contribution in [0.3, 0.4) is 0 Å². The summed E-state index contributed by atoms with van der Waals surface area (Å²) in [4.78, 5) is 49.3. The van der Waals surface area contributed by atoms with Crippen LogP contribution >= 0.6 is 0 Å². The minimum atomic E-state index is -5.58. The molecule has 3 rings (SSSR count). The molecule has 14 heteroatoms. The Hall–Kier alpha value is -4.46. The summed E-state index contributed by atoms with van der Waals surface area (Å²) in [5.41, 5.74) is -5.20. The van der Waals surface area contributed by atoms with Crippen molar-refractivity contribution >= 4 is 39.0 Å². The number of alkyl halides is 3. The van der Waals surface area contributed by atoms with Crippen molar-refractivity contribution in [3.63, 3.8) is 0 Å². The van der Waals surface area contributed by atoms with Crippen LogP contribution in [0.25, 0.3) is 0 Å². The second kappa shape index (κ2) is 11.3. The van der Waals surface area contributed by atoms with E-state index in [0.29, 0.717) is 17.7 Å². The maximum Gasteiger partial charge on any atom is 0.501 e. The van der Waals surface area contributed by atoms with Crippen LogP contribution in [-0.2, 0) is 40.1 Å². The third kappa shape index (κ3) is 5.91. The number of rotatable bonds is 8. The Balaban J connectivity index is 1.95. The zero-order valence-corrected chi connectivity index (χ0v) is 22.3. The number of anilines is 1. The van der Waals surface area contributed by atoms with Crippen LogP contribution in [0.5, 0.6) is 5.75 Å². The molecule has 1 N–H and O–H groups in total. The van der Waals surface area contributed by atoms with E-state index in [0.717, 1.165) is 19.1 Å². The minimum absolute atomic E-state index is 0.0566. The van der Waals surface area contributed by atoms with E-state index in [1.807, 2.05) is 0 Å². The highest BCUT2D eigenvalue weighted by Gasteiger charge is 2.46. The number of methoxy groups -OCH3 is 2. The van der Waals surface area contributed by atoms with Crippen molar-refractivity contribution in [1.29, 1.82) is 0 Å². The first kappa shape index (κ1) is 30.1. The van der Waals surface area contributed by atoms with E-state index in [1.54, 1.807) is 0 Å². The third-order valence-electron chi connectivity index (χ3n) is 5.74. The minimum Gasteiger partial charge on any atom is -0.489 e. The fourth-order valence-electron chi connectivity index (χ4n) is 3.77. The van der Waals surface area contributed by atoms with Gasteiger partial charge in [0.25, 0.3) is 15.7 Å². The van der Waals surface area contributed by atoms with Gasteiger partial charge >= 0.3 is 11.5 Å². The van der Waals surface area contributed by atoms with Crippen LogP contribution in [0.2, 0.25) is 0 Å². The zero-order chi connectivity index (χ0) is 30.0. The molecule has 0 aromatic heterocycles. The van der Waals surface area contributed by atoms with E-state index in [2.05, 4.69) is 5.32 Å². The predicted molar refractivity (Wildman–Crippen MR) is 133 cm³/mol. The molecule has 1 aliphatic carbocycles. The lowest BCUT2D eigenvalue weighted by molar-refractivity contribution is -0.131. The van der Waals surface area contributed by atoms with Gasteiger partial charge in [0.2, 0.25) is 23.1 Å². The smallest absolute Gasteiger partial charge is 0.489 e. The largest absolute Gasteiger partial charge is 0.501 e. The maximum absolute atomic E-state index is 13.1. The van der Waals surface area contributed by atoms with E-state index in [1.165, 1.54) is 39.3 Å². The summed E-state index contributed by atoms with van der Waals surface area (Å²) >= 11 is 0. The van der Waals surface area contributed by atoms with Crippen molar-refractivity contribution in [1.82, 2.24) is 0 Å². The van der Waals surface area contributed by atoms with Gasteiger partial charge < -0.3 is 19.5 Å². The van der Waals surface area contributed by atoms with Crippen LogP contribution in [0.4, 0.5) is 18.9 Å². The van der Waals surface area contributed by atoms with Gasteiger partial charge in [0.05, 0.1) is 24.7 Å². The number of esters is 1. The van der Waals surface area contributed by atoms with Crippen molar-refractivity contribution in [2.45, 2.75) is 30.7 Å². The molecule has 1 aliphatic rings. The van der Waals surface area contributed by atoms with Gasteiger partial charge in [-0.05, 0) is 48.9 Å². The molecule has 1 amide bonds. The number of hydrogen-bond acceptors (Lipinski definition) is 9. The normalized spacial score (nSPS) is 14.3. The quantitative estimate of drug-likeness (QED) is 0.281. The van der Waals surface area contributed by atoms with Gasteiger partial charge in [-0.25, -0.2) is 8.42 Å². The van der Waals surface area contributed by atoms with Crippen molar-refractivity contribution in [2.75, 3.05) is 19.5 Å². The van der Waals surface area contributed by atoms with Crippen LogP contribution in [0.1, 0.15) is 29.8 Å². The molecule has 0 unspecified atom stereocenters. The summed E-state index contributed by atoms with van der Waals surface area (Å²) in [5.74, 6) is -3.45. The van der Waals surface area contributed by atoms with Crippen molar-refractivity contribution in [2.24, 2.45) is 0 Å². The molecular weight excluding hydrogens is 559 g/mol.